The molecule has 5 heteroatoms. The van der Waals surface area contributed by atoms with Crippen LogP contribution in [0.1, 0.15) is 0 Å². The van der Waals surface area contributed by atoms with E-state index in [0.717, 1.165) is 0 Å². The summed E-state index contributed by atoms with van der Waals surface area (Å²) in [6.07, 6.45) is 0. The van der Waals surface area contributed by atoms with Crippen molar-refractivity contribution in [2.45, 2.75) is 0 Å². The van der Waals surface area contributed by atoms with E-state index in [2.05, 4.69) is 5.21 Å². The molecule has 0 spiro atoms. The molecule has 1 rings (SSSR count). The van der Waals surface area contributed by atoms with Gasteiger partial charge in [0.2, 0.25) is 0 Å². The molecule has 1 fully saturated rings. The standard InChI is InChI=1S/BHO3.Pb/c2-1(3)4;/h2H;/q-2;+2. The molecule has 0 unspecified atom stereocenters. The minimum atomic E-state index is -1.06. The summed E-state index contributed by atoms with van der Waals surface area (Å²) in [4.78, 5) is 0. The van der Waals surface area contributed by atoms with E-state index in [9.17, 15) is 0 Å². The normalized spacial score (nSPS) is 22.2. The monoisotopic (exact) mass is 268 g/mol. The van der Waals surface area contributed by atoms with Crippen molar-refractivity contribution in [2.75, 3.05) is 0 Å². The molecule has 1 aliphatic heterocycles. The van der Waals surface area contributed by atoms with E-state index in [4.69, 9.17) is 5.02 Å². The number of hydrogen-bond donors (Lipinski definition) is 1. The quantitative estimate of drug-likeness (QED) is 0.545. The van der Waals surface area contributed by atoms with Crippen molar-refractivity contribution in [2.24, 2.45) is 0 Å². The second kappa shape index (κ2) is 1.54. The number of hydrogen-bond acceptors (Lipinski definition) is 3. The fraction of sp³-hybridized carbons (Fsp3) is 0. The van der Waals surface area contributed by atoms with E-state index < -0.39 is 32.5 Å². The molecule has 0 amide bonds. The van der Waals surface area contributed by atoms with Crippen LogP contribution in [-0.2, 0) is 5.21 Å². The number of rotatable bonds is 0. The Morgan fingerprint density at radius 2 is 2.00 bits per heavy atom. The van der Waals surface area contributed by atoms with Crippen LogP contribution in [0.25, 0.3) is 0 Å². The summed E-state index contributed by atoms with van der Waals surface area (Å²) < 4.78 is 8.92. The zero-order chi connectivity index (χ0) is 3.70. The molecule has 0 aromatic heterocycles. The Balaban J connectivity index is 2.08. The molecule has 0 bridgehead atoms. The van der Waals surface area contributed by atoms with Crippen LogP contribution >= 0.6 is 0 Å². The molecule has 1 heterocycles. The SMILES string of the molecule is OB1[O][Pb][O]1. The Bertz CT molecular complexity index is 33.9. The van der Waals surface area contributed by atoms with E-state index in [-0.39, 0.29) is 0 Å². The van der Waals surface area contributed by atoms with Gasteiger partial charge in [0.1, 0.15) is 0 Å². The van der Waals surface area contributed by atoms with Gasteiger partial charge in [-0.15, -0.1) is 0 Å². The molecule has 0 saturated carbocycles. The Labute approximate surface area is 43.0 Å². The average molecular weight is 267 g/mol. The first-order valence-electron chi connectivity index (χ1n) is 1.14. The summed E-state index contributed by atoms with van der Waals surface area (Å²) >= 11 is -1.06. The van der Waals surface area contributed by atoms with Crippen molar-refractivity contribution >= 4 is 32.5 Å². The summed E-state index contributed by atoms with van der Waals surface area (Å²) in [6, 6.07) is 0. The zero-order valence-electron chi connectivity index (χ0n) is 2.34. The van der Waals surface area contributed by atoms with Crippen LogP contribution in [0, 0.1) is 0 Å². The maximum atomic E-state index is 8.05. The van der Waals surface area contributed by atoms with Gasteiger partial charge in [-0.3, -0.25) is 0 Å². The second-order valence-corrected chi connectivity index (χ2v) is 3.11. The molecule has 1 N–H and O–H groups in total. The van der Waals surface area contributed by atoms with E-state index in [1.807, 2.05) is 0 Å². The molecule has 1 aliphatic rings. The van der Waals surface area contributed by atoms with Gasteiger partial charge in [-0.25, -0.2) is 0 Å². The van der Waals surface area contributed by atoms with Gasteiger partial charge >= 0.3 is 42.7 Å². The van der Waals surface area contributed by atoms with Gasteiger partial charge in [0, 0.05) is 0 Å². The van der Waals surface area contributed by atoms with Gasteiger partial charge in [0.25, 0.3) is 0 Å². The van der Waals surface area contributed by atoms with Crippen LogP contribution in [0.5, 0.6) is 0 Å². The fourth-order valence-corrected chi connectivity index (χ4v) is 0.800. The molecular formula is HBO3Pb. The van der Waals surface area contributed by atoms with Gasteiger partial charge < -0.3 is 0 Å². The van der Waals surface area contributed by atoms with Gasteiger partial charge in [0.15, 0.2) is 0 Å². The molecule has 0 aliphatic carbocycles. The summed E-state index contributed by atoms with van der Waals surface area (Å²) in [5.74, 6) is 0. The first-order chi connectivity index (χ1) is 2.39. The predicted molar refractivity (Wildman–Crippen MR) is 15.9 cm³/mol. The average Bonchev–Trinajstić information content (AvgIpc) is 1.30. The zero-order valence-corrected chi connectivity index (χ0v) is 6.23. The van der Waals surface area contributed by atoms with Crippen molar-refractivity contribution < 1.29 is 10.2 Å². The third-order valence-electron chi connectivity index (χ3n) is 0.298. The van der Waals surface area contributed by atoms with Gasteiger partial charge in [-0.2, -0.15) is 0 Å². The van der Waals surface area contributed by atoms with Crippen molar-refractivity contribution in [3.63, 3.8) is 0 Å². The Hall–Kier alpha value is 0.867. The molecule has 0 atom stereocenters. The minimum absolute atomic E-state index is 0.849. The summed E-state index contributed by atoms with van der Waals surface area (Å²) in [5, 5.41) is 8.05. The molecule has 1 saturated heterocycles. The van der Waals surface area contributed by atoms with Crippen molar-refractivity contribution in [3.05, 3.63) is 0 Å². The first-order valence-corrected chi connectivity index (χ1v) is 4.31. The third-order valence-corrected chi connectivity index (χ3v) is 2.61. The van der Waals surface area contributed by atoms with Crippen molar-refractivity contribution in [3.8, 4) is 0 Å². The van der Waals surface area contributed by atoms with E-state index in [1.165, 1.54) is 0 Å². The van der Waals surface area contributed by atoms with Crippen molar-refractivity contribution in [1.82, 2.24) is 0 Å². The fourth-order valence-electron chi connectivity index (χ4n) is 0.0911. The van der Waals surface area contributed by atoms with Gasteiger partial charge in [-0.05, 0) is 0 Å². The topological polar surface area (TPSA) is 38.7 Å². The predicted octanol–water partition coefficient (Wildman–Crippen LogP) is -1.46. The maximum absolute atomic E-state index is 8.05. The van der Waals surface area contributed by atoms with Crippen LogP contribution in [0.15, 0.2) is 0 Å². The van der Waals surface area contributed by atoms with Crippen LogP contribution in [-0.4, -0.2) is 37.5 Å². The third kappa shape index (κ3) is 0.848. The van der Waals surface area contributed by atoms with E-state index in [1.54, 1.807) is 0 Å². The molecular weight excluding hydrogens is 266 g/mol. The Morgan fingerprint density at radius 1 is 1.60 bits per heavy atom. The van der Waals surface area contributed by atoms with Gasteiger partial charge in [-0.1, -0.05) is 0 Å². The molecule has 26 valence electrons. The van der Waals surface area contributed by atoms with Crippen LogP contribution in [0.4, 0.5) is 0 Å². The van der Waals surface area contributed by atoms with E-state index in [0.29, 0.717) is 0 Å². The van der Waals surface area contributed by atoms with Crippen LogP contribution in [0.2, 0.25) is 0 Å². The summed E-state index contributed by atoms with van der Waals surface area (Å²) in [5.41, 5.74) is 0. The Morgan fingerprint density at radius 3 is 2.00 bits per heavy atom. The molecule has 2 radical (unpaired) electrons. The molecule has 3 nitrogen and oxygen atoms in total. The second-order valence-electron chi connectivity index (χ2n) is 0.626. The summed E-state index contributed by atoms with van der Waals surface area (Å²) in [6.45, 7) is 0. The molecule has 5 heavy (non-hydrogen) atoms. The Kier molecular flexibility index (Phi) is 1.25. The summed E-state index contributed by atoms with van der Waals surface area (Å²) in [7, 11) is -0.849. The first kappa shape index (κ1) is 4.04. The van der Waals surface area contributed by atoms with Crippen LogP contribution < -0.4 is 0 Å². The van der Waals surface area contributed by atoms with Crippen molar-refractivity contribution in [1.29, 1.82) is 0 Å². The van der Waals surface area contributed by atoms with E-state index >= 15 is 0 Å². The molecule has 0 aromatic carbocycles. The van der Waals surface area contributed by atoms with Gasteiger partial charge in [0.05, 0.1) is 0 Å². The van der Waals surface area contributed by atoms with Crippen LogP contribution in [0.3, 0.4) is 0 Å². The molecule has 0 aromatic rings.